The lowest BCUT2D eigenvalue weighted by molar-refractivity contribution is 0.0696. The first kappa shape index (κ1) is 9.21. The number of rotatable bonds is 1. The highest BCUT2D eigenvalue weighted by Gasteiger charge is 2.11. The lowest BCUT2D eigenvalue weighted by Gasteiger charge is -1.99. The van der Waals surface area contributed by atoms with Crippen molar-refractivity contribution < 1.29 is 9.90 Å². The molecule has 2 aromatic rings. The molecule has 1 heterocycles. The summed E-state index contributed by atoms with van der Waals surface area (Å²) in [4.78, 5) is 10.8. The summed E-state index contributed by atoms with van der Waals surface area (Å²) in [6.45, 7) is 1.77. The molecule has 0 saturated carbocycles. The first-order valence-electron chi connectivity index (χ1n) is 3.97. The first-order valence-corrected chi connectivity index (χ1v) is 4.76. The Kier molecular flexibility index (Phi) is 2.03. The maximum Gasteiger partial charge on any atom is 0.336 e. The Bertz CT molecular complexity index is 519. The molecule has 0 saturated heterocycles. The summed E-state index contributed by atoms with van der Waals surface area (Å²) >= 11 is 3.30. The molecule has 0 aliphatic heterocycles. The van der Waals surface area contributed by atoms with Gasteiger partial charge in [0.15, 0.2) is 0 Å². The van der Waals surface area contributed by atoms with Crippen LogP contribution < -0.4 is 0 Å². The number of aromatic carboxylic acids is 1. The Morgan fingerprint density at radius 3 is 2.93 bits per heavy atom. The summed E-state index contributed by atoms with van der Waals surface area (Å²) < 4.78 is 0.771. The molecule has 0 spiro atoms. The van der Waals surface area contributed by atoms with E-state index in [9.17, 15) is 4.79 Å². The third-order valence-corrected chi connectivity index (χ3v) is 2.69. The summed E-state index contributed by atoms with van der Waals surface area (Å²) in [5, 5.41) is 16.5. The Balaban J connectivity index is 2.79. The van der Waals surface area contributed by atoms with E-state index in [4.69, 9.17) is 5.11 Å². The maximum absolute atomic E-state index is 10.8. The number of carboxylic acid groups (broad SMARTS) is 1. The van der Waals surface area contributed by atoms with E-state index in [0.29, 0.717) is 5.52 Å². The average molecular weight is 255 g/mol. The van der Waals surface area contributed by atoms with Crippen LogP contribution in [0.15, 0.2) is 16.7 Å². The summed E-state index contributed by atoms with van der Waals surface area (Å²) in [7, 11) is 0. The van der Waals surface area contributed by atoms with Gasteiger partial charge in [-0.1, -0.05) is 0 Å². The highest BCUT2D eigenvalue weighted by atomic mass is 79.9. The van der Waals surface area contributed by atoms with Crippen molar-refractivity contribution in [3.8, 4) is 0 Å². The largest absolute Gasteiger partial charge is 0.478 e. The molecule has 0 unspecified atom stereocenters. The van der Waals surface area contributed by atoms with E-state index < -0.39 is 5.97 Å². The minimum Gasteiger partial charge on any atom is -0.478 e. The zero-order valence-electron chi connectivity index (χ0n) is 7.34. The van der Waals surface area contributed by atoms with Crippen molar-refractivity contribution in [2.24, 2.45) is 0 Å². The van der Waals surface area contributed by atoms with Crippen molar-refractivity contribution in [2.45, 2.75) is 6.92 Å². The molecule has 0 radical (unpaired) electrons. The minimum absolute atomic E-state index is 0.288. The van der Waals surface area contributed by atoms with Gasteiger partial charge < -0.3 is 5.11 Å². The SMILES string of the molecule is Cc1cc2c(Br)[nH]nc2cc1C(=O)O. The smallest absolute Gasteiger partial charge is 0.336 e. The molecule has 1 aromatic heterocycles. The Labute approximate surface area is 88.1 Å². The summed E-state index contributed by atoms with van der Waals surface area (Å²) in [5.74, 6) is -0.927. The van der Waals surface area contributed by atoms with Gasteiger partial charge >= 0.3 is 5.97 Å². The molecule has 0 aliphatic carbocycles. The molecule has 0 fully saturated rings. The van der Waals surface area contributed by atoms with E-state index in [0.717, 1.165) is 15.6 Å². The lowest BCUT2D eigenvalue weighted by atomic mass is 10.1. The van der Waals surface area contributed by atoms with Crippen molar-refractivity contribution in [1.29, 1.82) is 0 Å². The molecule has 2 rings (SSSR count). The average Bonchev–Trinajstić information content (AvgIpc) is 2.46. The fraction of sp³-hybridized carbons (Fsp3) is 0.111. The van der Waals surface area contributed by atoms with Crippen LogP contribution in [0, 0.1) is 6.92 Å². The molecule has 1 aromatic carbocycles. The van der Waals surface area contributed by atoms with Crippen molar-refractivity contribution in [3.63, 3.8) is 0 Å². The van der Waals surface area contributed by atoms with Crippen LogP contribution in [0.2, 0.25) is 0 Å². The number of hydrogen-bond acceptors (Lipinski definition) is 2. The molecule has 0 amide bonds. The molecule has 14 heavy (non-hydrogen) atoms. The van der Waals surface area contributed by atoms with Gasteiger partial charge in [-0.05, 0) is 40.5 Å². The molecular weight excluding hydrogens is 248 g/mol. The minimum atomic E-state index is -0.927. The van der Waals surface area contributed by atoms with Crippen LogP contribution in [-0.4, -0.2) is 21.3 Å². The van der Waals surface area contributed by atoms with E-state index in [1.807, 2.05) is 0 Å². The van der Waals surface area contributed by atoms with Crippen LogP contribution in [-0.2, 0) is 0 Å². The normalized spacial score (nSPS) is 10.7. The zero-order valence-corrected chi connectivity index (χ0v) is 8.92. The second kappa shape index (κ2) is 3.09. The third kappa shape index (κ3) is 1.29. The second-order valence-electron chi connectivity index (χ2n) is 3.03. The molecule has 0 aliphatic rings. The van der Waals surface area contributed by atoms with E-state index in [-0.39, 0.29) is 5.56 Å². The van der Waals surface area contributed by atoms with E-state index in [2.05, 4.69) is 26.1 Å². The molecule has 2 N–H and O–H groups in total. The van der Waals surface area contributed by atoms with Crippen molar-refractivity contribution in [2.75, 3.05) is 0 Å². The van der Waals surface area contributed by atoms with Crippen LogP contribution >= 0.6 is 15.9 Å². The number of halogens is 1. The zero-order chi connectivity index (χ0) is 10.3. The highest BCUT2D eigenvalue weighted by Crippen LogP contribution is 2.24. The first-order chi connectivity index (χ1) is 6.59. The van der Waals surface area contributed by atoms with Gasteiger partial charge in [-0.3, -0.25) is 5.10 Å². The molecule has 0 atom stereocenters. The fourth-order valence-corrected chi connectivity index (χ4v) is 1.77. The molecule has 72 valence electrons. The number of carboxylic acids is 1. The van der Waals surface area contributed by atoms with Gasteiger partial charge in [-0.15, -0.1) is 0 Å². The molecule has 5 heteroatoms. The molecule has 4 nitrogen and oxygen atoms in total. The number of nitrogens with zero attached hydrogens (tertiary/aromatic N) is 1. The predicted molar refractivity (Wildman–Crippen MR) is 55.5 cm³/mol. The topological polar surface area (TPSA) is 66.0 Å². The van der Waals surface area contributed by atoms with E-state index in [1.165, 1.54) is 0 Å². The van der Waals surface area contributed by atoms with Crippen LogP contribution in [0.5, 0.6) is 0 Å². The van der Waals surface area contributed by atoms with Crippen molar-refractivity contribution in [3.05, 3.63) is 27.9 Å². The van der Waals surface area contributed by atoms with Crippen molar-refractivity contribution in [1.82, 2.24) is 10.2 Å². The van der Waals surface area contributed by atoms with Crippen LogP contribution in [0.1, 0.15) is 15.9 Å². The van der Waals surface area contributed by atoms with E-state index in [1.54, 1.807) is 19.1 Å². The third-order valence-electron chi connectivity index (χ3n) is 2.08. The van der Waals surface area contributed by atoms with Gasteiger partial charge in [0.05, 0.1) is 11.1 Å². The summed E-state index contributed by atoms with van der Waals surface area (Å²) in [6, 6.07) is 3.36. The number of fused-ring (bicyclic) bond motifs is 1. The number of benzene rings is 1. The number of H-pyrrole nitrogens is 1. The number of aryl methyl sites for hydroxylation is 1. The summed E-state index contributed by atoms with van der Waals surface area (Å²) in [5.41, 5.74) is 1.67. The number of aromatic nitrogens is 2. The van der Waals surface area contributed by atoms with Crippen LogP contribution in [0.3, 0.4) is 0 Å². The Hall–Kier alpha value is -1.36. The lowest BCUT2D eigenvalue weighted by Crippen LogP contribution is -1.99. The van der Waals surface area contributed by atoms with Gasteiger partial charge in [-0.25, -0.2) is 4.79 Å². The molecule has 0 bridgehead atoms. The standard InChI is InChI=1S/C9H7BrN2O2/c1-4-2-6-7(11-12-8(6)10)3-5(4)9(13)14/h2-3H,1H3,(H,11,12)(H,13,14). The van der Waals surface area contributed by atoms with Gasteiger partial charge in [-0.2, -0.15) is 5.10 Å². The van der Waals surface area contributed by atoms with Gasteiger partial charge in [0, 0.05) is 5.39 Å². The van der Waals surface area contributed by atoms with Gasteiger partial charge in [0.25, 0.3) is 0 Å². The number of nitrogens with one attached hydrogen (secondary N) is 1. The van der Waals surface area contributed by atoms with Crippen molar-refractivity contribution >= 4 is 32.8 Å². The summed E-state index contributed by atoms with van der Waals surface area (Å²) in [6.07, 6.45) is 0. The maximum atomic E-state index is 10.8. The Morgan fingerprint density at radius 2 is 2.29 bits per heavy atom. The van der Waals surface area contributed by atoms with Crippen LogP contribution in [0.25, 0.3) is 10.9 Å². The predicted octanol–water partition coefficient (Wildman–Crippen LogP) is 2.33. The quantitative estimate of drug-likeness (QED) is 0.821. The fourth-order valence-electron chi connectivity index (χ4n) is 1.36. The second-order valence-corrected chi connectivity index (χ2v) is 3.82. The highest BCUT2D eigenvalue weighted by molar-refractivity contribution is 9.10. The van der Waals surface area contributed by atoms with Crippen LogP contribution in [0.4, 0.5) is 0 Å². The van der Waals surface area contributed by atoms with Gasteiger partial charge in [0.1, 0.15) is 4.60 Å². The Morgan fingerprint density at radius 1 is 1.57 bits per heavy atom. The monoisotopic (exact) mass is 254 g/mol. The molecular formula is C9H7BrN2O2. The van der Waals surface area contributed by atoms with E-state index >= 15 is 0 Å². The number of hydrogen-bond donors (Lipinski definition) is 2. The van der Waals surface area contributed by atoms with Gasteiger partial charge in [0.2, 0.25) is 0 Å². The number of carbonyl (C=O) groups is 1. The number of aromatic amines is 1.